The highest BCUT2D eigenvalue weighted by atomic mass is 32.1. The Morgan fingerprint density at radius 2 is 2.11 bits per heavy atom. The Bertz CT molecular complexity index is 548. The molecule has 2 aliphatic rings. The van der Waals surface area contributed by atoms with Crippen LogP contribution in [0.5, 0.6) is 0 Å². The molecule has 0 N–H and O–H groups in total. The number of rotatable bonds is 1. The number of thiol groups is 1. The maximum Gasteiger partial charge on any atom is 0.260 e. The molecule has 0 bridgehead atoms. The fraction of sp³-hybridized carbons (Fsp3) is 0.615. The van der Waals surface area contributed by atoms with Crippen LogP contribution in [0.15, 0.2) is 0 Å². The summed E-state index contributed by atoms with van der Waals surface area (Å²) in [5.41, 5.74) is 2.23. The van der Waals surface area contributed by atoms with Crippen molar-refractivity contribution in [3.05, 3.63) is 22.8 Å². The zero-order valence-electron chi connectivity index (χ0n) is 10.8. The molecule has 1 aromatic rings. The molecule has 18 heavy (non-hydrogen) atoms. The molecular weight excluding hydrogens is 251 g/mol. The van der Waals surface area contributed by atoms with Gasteiger partial charge in [-0.15, -0.1) is 0 Å². The molecule has 0 saturated heterocycles. The summed E-state index contributed by atoms with van der Waals surface area (Å²) in [6.07, 6.45) is 0.835. The first-order valence-corrected chi connectivity index (χ1v) is 6.72. The molecule has 3 rings (SSSR count). The topological polar surface area (TPSA) is 25.2 Å². The van der Waals surface area contributed by atoms with Gasteiger partial charge in [-0.2, -0.15) is 17.0 Å². The third kappa shape index (κ3) is 1.46. The van der Waals surface area contributed by atoms with Gasteiger partial charge in [0.25, 0.3) is 5.91 Å². The molecule has 5 heteroatoms. The van der Waals surface area contributed by atoms with E-state index in [4.69, 9.17) is 0 Å². The first-order valence-electron chi connectivity index (χ1n) is 6.20. The van der Waals surface area contributed by atoms with E-state index in [1.54, 1.807) is 9.47 Å². The number of fused-ring (bicyclic) bond motifs is 3. The Kier molecular flexibility index (Phi) is 2.37. The second-order valence-corrected chi connectivity index (χ2v) is 6.83. The van der Waals surface area contributed by atoms with Crippen LogP contribution in [-0.2, 0) is 19.5 Å². The van der Waals surface area contributed by atoms with Crippen LogP contribution in [0.2, 0.25) is 0 Å². The Morgan fingerprint density at radius 1 is 1.44 bits per heavy atom. The highest BCUT2D eigenvalue weighted by Gasteiger charge is 2.42. The van der Waals surface area contributed by atoms with Gasteiger partial charge in [-0.3, -0.25) is 4.79 Å². The van der Waals surface area contributed by atoms with Crippen LogP contribution < -0.4 is 0 Å². The fourth-order valence-electron chi connectivity index (χ4n) is 3.06. The van der Waals surface area contributed by atoms with Crippen molar-refractivity contribution in [2.75, 3.05) is 0 Å². The van der Waals surface area contributed by atoms with Crippen LogP contribution in [0.25, 0.3) is 0 Å². The quantitative estimate of drug-likeness (QED) is 0.778. The van der Waals surface area contributed by atoms with Crippen molar-refractivity contribution in [2.45, 2.75) is 45.7 Å². The Hall–Kier alpha value is -0.970. The van der Waals surface area contributed by atoms with E-state index in [0.29, 0.717) is 13.1 Å². The molecule has 1 atom stereocenters. The molecule has 0 aliphatic carbocycles. The van der Waals surface area contributed by atoms with Gasteiger partial charge in [0.05, 0.1) is 10.9 Å². The predicted octanol–water partition coefficient (Wildman–Crippen LogP) is 2.44. The minimum atomic E-state index is -0.355. The van der Waals surface area contributed by atoms with Crippen LogP contribution in [0, 0.1) is 11.4 Å². The summed E-state index contributed by atoms with van der Waals surface area (Å²) in [6.45, 7) is 7.24. The first-order chi connectivity index (χ1) is 8.32. The monoisotopic (exact) mass is 268 g/mol. The molecular formula is C13H17FN2OS. The zero-order chi connectivity index (χ0) is 13.2. The van der Waals surface area contributed by atoms with Crippen molar-refractivity contribution in [1.82, 2.24) is 9.47 Å². The summed E-state index contributed by atoms with van der Waals surface area (Å²) in [4.78, 5) is 13.8. The van der Waals surface area contributed by atoms with Gasteiger partial charge in [0.2, 0.25) is 5.95 Å². The van der Waals surface area contributed by atoms with Crippen molar-refractivity contribution in [2.24, 2.45) is 5.41 Å². The number of carbonyl (C=O) groups excluding carboxylic acids is 1. The highest BCUT2D eigenvalue weighted by Crippen LogP contribution is 2.41. The predicted molar refractivity (Wildman–Crippen MR) is 70.2 cm³/mol. The number of hydrogen-bond donors (Lipinski definition) is 1. The van der Waals surface area contributed by atoms with Crippen molar-refractivity contribution in [1.29, 1.82) is 0 Å². The summed E-state index contributed by atoms with van der Waals surface area (Å²) in [5, 5.41) is -0.181. The molecule has 0 fully saturated rings. The lowest BCUT2D eigenvalue weighted by Gasteiger charge is -2.20. The lowest BCUT2D eigenvalue weighted by Crippen LogP contribution is -2.30. The maximum absolute atomic E-state index is 14.4. The number of halogens is 1. The molecule has 3 nitrogen and oxygen atoms in total. The van der Waals surface area contributed by atoms with Crippen LogP contribution in [0.4, 0.5) is 4.39 Å². The molecule has 0 spiro atoms. The van der Waals surface area contributed by atoms with Gasteiger partial charge in [0, 0.05) is 24.3 Å². The third-order valence-corrected chi connectivity index (χ3v) is 4.18. The molecule has 98 valence electrons. The molecule has 1 amide bonds. The lowest BCUT2D eigenvalue weighted by molar-refractivity contribution is 0.0765. The average Bonchev–Trinajstić information content (AvgIpc) is 2.81. The number of amides is 1. The number of aromatic nitrogens is 1. The van der Waals surface area contributed by atoms with E-state index in [1.807, 2.05) is 6.92 Å². The zero-order valence-corrected chi connectivity index (χ0v) is 11.7. The van der Waals surface area contributed by atoms with Crippen LogP contribution >= 0.6 is 12.6 Å². The van der Waals surface area contributed by atoms with E-state index in [0.717, 1.165) is 17.7 Å². The van der Waals surface area contributed by atoms with Crippen LogP contribution in [-0.4, -0.2) is 20.7 Å². The van der Waals surface area contributed by atoms with Gasteiger partial charge in [-0.1, -0.05) is 13.8 Å². The molecule has 2 aliphatic heterocycles. The van der Waals surface area contributed by atoms with E-state index in [-0.39, 0.29) is 28.2 Å². The molecule has 0 saturated carbocycles. The van der Waals surface area contributed by atoms with E-state index in [1.165, 1.54) is 0 Å². The summed E-state index contributed by atoms with van der Waals surface area (Å²) in [7, 11) is 0. The summed E-state index contributed by atoms with van der Waals surface area (Å²) in [6, 6.07) is 0. The average molecular weight is 268 g/mol. The Morgan fingerprint density at radius 3 is 2.72 bits per heavy atom. The second kappa shape index (κ2) is 3.53. The van der Waals surface area contributed by atoms with E-state index in [2.05, 4.69) is 26.5 Å². The third-order valence-electron chi connectivity index (χ3n) is 3.91. The van der Waals surface area contributed by atoms with Crippen LogP contribution in [0.3, 0.4) is 0 Å². The first kappa shape index (κ1) is 12.1. The smallest absolute Gasteiger partial charge is 0.260 e. The van der Waals surface area contributed by atoms with E-state index in [9.17, 15) is 9.18 Å². The van der Waals surface area contributed by atoms with Gasteiger partial charge >= 0.3 is 0 Å². The molecule has 3 heterocycles. The maximum atomic E-state index is 14.4. The van der Waals surface area contributed by atoms with Gasteiger partial charge in [-0.25, -0.2) is 0 Å². The molecule has 0 aromatic carbocycles. The standard InChI is InChI=1S/C13H17FN2OS/c1-7(18)15-5-8-9-4-13(2,3)6-16(9)11(14)10(8)12(15)17/h7,18H,4-6H2,1-3H3. The van der Waals surface area contributed by atoms with Crippen LogP contribution in [0.1, 0.15) is 42.4 Å². The largest absolute Gasteiger partial charge is 0.323 e. The van der Waals surface area contributed by atoms with Gasteiger partial charge < -0.3 is 9.47 Å². The van der Waals surface area contributed by atoms with Crippen molar-refractivity contribution in [3.8, 4) is 0 Å². The number of nitrogens with zero attached hydrogens (tertiary/aromatic N) is 2. The van der Waals surface area contributed by atoms with Crippen molar-refractivity contribution < 1.29 is 9.18 Å². The van der Waals surface area contributed by atoms with Gasteiger partial charge in [0.1, 0.15) is 0 Å². The Balaban J connectivity index is 2.09. The molecule has 0 radical (unpaired) electrons. The normalized spacial score (nSPS) is 22.3. The highest BCUT2D eigenvalue weighted by molar-refractivity contribution is 7.80. The minimum Gasteiger partial charge on any atom is -0.323 e. The van der Waals surface area contributed by atoms with Crippen molar-refractivity contribution in [3.63, 3.8) is 0 Å². The second-order valence-electron chi connectivity index (χ2n) is 6.08. The number of hydrogen-bond acceptors (Lipinski definition) is 2. The van der Waals surface area contributed by atoms with Gasteiger partial charge in [-0.05, 0) is 18.8 Å². The summed E-state index contributed by atoms with van der Waals surface area (Å²) in [5.74, 6) is -0.572. The van der Waals surface area contributed by atoms with Gasteiger partial charge in [0.15, 0.2) is 0 Å². The fourth-order valence-corrected chi connectivity index (χ4v) is 3.25. The summed E-state index contributed by atoms with van der Waals surface area (Å²) >= 11 is 4.28. The van der Waals surface area contributed by atoms with Crippen molar-refractivity contribution >= 4 is 18.5 Å². The number of carbonyl (C=O) groups is 1. The minimum absolute atomic E-state index is 0.0776. The van der Waals surface area contributed by atoms with E-state index >= 15 is 0 Å². The molecule has 1 aromatic heterocycles. The SMILES string of the molecule is CC(S)N1Cc2c(c(F)n3c2CC(C)(C)C3)C1=O. The molecule has 1 unspecified atom stereocenters. The Labute approximate surface area is 111 Å². The van der Waals surface area contributed by atoms with E-state index < -0.39 is 0 Å². The summed E-state index contributed by atoms with van der Waals surface area (Å²) < 4.78 is 16.0. The lowest BCUT2D eigenvalue weighted by atomic mass is 9.90.